The number of aryl methyl sites for hydroxylation is 2. The highest BCUT2D eigenvalue weighted by Gasteiger charge is 2.32. The summed E-state index contributed by atoms with van der Waals surface area (Å²) in [4.78, 5) is 25.6. The van der Waals surface area contributed by atoms with Gasteiger partial charge in [-0.05, 0) is 18.1 Å². The van der Waals surface area contributed by atoms with Gasteiger partial charge in [0.15, 0.2) is 0 Å². The molecule has 1 aliphatic rings. The minimum absolute atomic E-state index is 0.175. The van der Waals surface area contributed by atoms with Gasteiger partial charge in [0.1, 0.15) is 11.3 Å². The average molecular weight is 352 g/mol. The van der Waals surface area contributed by atoms with E-state index in [-0.39, 0.29) is 5.92 Å². The zero-order valence-corrected chi connectivity index (χ0v) is 14.7. The molecule has 1 fully saturated rings. The van der Waals surface area contributed by atoms with Crippen LogP contribution in [0.2, 0.25) is 0 Å². The van der Waals surface area contributed by atoms with Crippen LogP contribution in [0, 0.1) is 0 Å². The van der Waals surface area contributed by atoms with E-state index in [9.17, 15) is 4.79 Å². The van der Waals surface area contributed by atoms with E-state index in [2.05, 4.69) is 33.3 Å². The van der Waals surface area contributed by atoms with Crippen LogP contribution < -0.4 is 5.32 Å². The number of carboxylic acid groups (broad SMARTS) is 1. The van der Waals surface area contributed by atoms with Gasteiger partial charge in [-0.15, -0.1) is 0 Å². The Kier molecular flexibility index (Phi) is 3.95. The van der Waals surface area contributed by atoms with Gasteiger partial charge in [0.2, 0.25) is 0 Å². The Morgan fingerprint density at radius 1 is 1.27 bits per heavy atom. The average Bonchev–Trinajstić information content (AvgIpc) is 2.95. The molecule has 134 valence electrons. The molecule has 3 aromatic rings. The first kappa shape index (κ1) is 16.3. The fourth-order valence-corrected chi connectivity index (χ4v) is 3.20. The molecule has 0 radical (unpaired) electrons. The van der Waals surface area contributed by atoms with E-state index < -0.39 is 6.09 Å². The number of aromatic nitrogens is 4. The fourth-order valence-electron chi connectivity index (χ4n) is 3.20. The van der Waals surface area contributed by atoms with Gasteiger partial charge in [0.05, 0.1) is 29.9 Å². The Bertz CT molecular complexity index is 977. The molecule has 4 heterocycles. The van der Waals surface area contributed by atoms with E-state index in [1.54, 1.807) is 12.5 Å². The second-order valence-electron chi connectivity index (χ2n) is 6.54. The summed E-state index contributed by atoms with van der Waals surface area (Å²) in [6, 6.07) is 4.03. The summed E-state index contributed by atoms with van der Waals surface area (Å²) in [5, 5.41) is 12.3. The summed E-state index contributed by atoms with van der Waals surface area (Å²) in [7, 11) is 1.95. The topological polar surface area (TPSA) is 96.2 Å². The molecular formula is C18H20N6O2. The van der Waals surface area contributed by atoms with E-state index in [0.29, 0.717) is 13.1 Å². The quantitative estimate of drug-likeness (QED) is 0.749. The molecule has 4 rings (SSSR count). The highest BCUT2D eigenvalue weighted by Crippen LogP contribution is 2.29. The molecule has 0 unspecified atom stereocenters. The van der Waals surface area contributed by atoms with Gasteiger partial charge < -0.3 is 19.9 Å². The van der Waals surface area contributed by atoms with Gasteiger partial charge in [0, 0.05) is 37.8 Å². The Morgan fingerprint density at radius 3 is 2.81 bits per heavy atom. The largest absolute Gasteiger partial charge is 0.465 e. The number of hydrogen-bond donors (Lipinski definition) is 2. The van der Waals surface area contributed by atoms with Crippen molar-refractivity contribution in [1.29, 1.82) is 0 Å². The van der Waals surface area contributed by atoms with Crippen LogP contribution >= 0.6 is 0 Å². The Morgan fingerprint density at radius 2 is 2.08 bits per heavy atom. The maximum absolute atomic E-state index is 10.9. The normalized spacial score (nSPS) is 14.5. The Balaban J connectivity index is 1.56. The van der Waals surface area contributed by atoms with Crippen LogP contribution in [0.1, 0.15) is 24.1 Å². The number of hydrogen-bond acceptors (Lipinski definition) is 5. The fraction of sp³-hybridized carbons (Fsp3) is 0.333. The summed E-state index contributed by atoms with van der Waals surface area (Å²) in [5.74, 6) is 0.917. The van der Waals surface area contributed by atoms with Crippen molar-refractivity contribution >= 4 is 28.6 Å². The van der Waals surface area contributed by atoms with Crippen LogP contribution in [0.4, 0.5) is 16.3 Å². The number of fused-ring (bicyclic) bond motifs is 1. The molecule has 2 N–H and O–H groups in total. The molecule has 8 heteroatoms. The first-order chi connectivity index (χ1) is 12.5. The van der Waals surface area contributed by atoms with Crippen molar-refractivity contribution in [3.8, 4) is 0 Å². The number of rotatable bonds is 4. The van der Waals surface area contributed by atoms with Crippen molar-refractivity contribution in [1.82, 2.24) is 24.4 Å². The van der Waals surface area contributed by atoms with Crippen LogP contribution in [-0.4, -0.2) is 48.7 Å². The molecule has 0 saturated carbocycles. The molecular weight excluding hydrogens is 332 g/mol. The predicted molar refractivity (Wildman–Crippen MR) is 97.7 cm³/mol. The SMILES string of the molecule is CCc1cc(C2CN(C(=O)O)C2)ncc1Nc1cc2c(cn1)ncn2C. The highest BCUT2D eigenvalue weighted by molar-refractivity contribution is 5.78. The molecule has 3 aromatic heterocycles. The third-order valence-electron chi connectivity index (χ3n) is 4.84. The van der Waals surface area contributed by atoms with Crippen molar-refractivity contribution in [2.75, 3.05) is 18.4 Å². The summed E-state index contributed by atoms with van der Waals surface area (Å²) in [6.45, 7) is 3.11. The van der Waals surface area contributed by atoms with Crippen molar-refractivity contribution in [2.24, 2.45) is 7.05 Å². The second kappa shape index (κ2) is 6.29. The third kappa shape index (κ3) is 2.83. The third-order valence-corrected chi connectivity index (χ3v) is 4.84. The summed E-state index contributed by atoms with van der Waals surface area (Å²) in [5.41, 5.74) is 4.86. The number of amides is 1. The monoisotopic (exact) mass is 352 g/mol. The Hall–Kier alpha value is -3.16. The van der Waals surface area contributed by atoms with Gasteiger partial charge in [-0.25, -0.2) is 14.8 Å². The molecule has 0 aliphatic carbocycles. The second-order valence-corrected chi connectivity index (χ2v) is 6.54. The van der Waals surface area contributed by atoms with E-state index in [1.165, 1.54) is 4.90 Å². The first-order valence-electron chi connectivity index (χ1n) is 8.56. The molecule has 0 spiro atoms. The number of pyridine rings is 2. The van der Waals surface area contributed by atoms with E-state index in [1.807, 2.05) is 23.9 Å². The molecule has 1 saturated heterocycles. The van der Waals surface area contributed by atoms with Gasteiger partial charge in [-0.2, -0.15) is 0 Å². The lowest BCUT2D eigenvalue weighted by Crippen LogP contribution is -2.48. The number of imidazole rings is 1. The van der Waals surface area contributed by atoms with Crippen LogP contribution in [-0.2, 0) is 13.5 Å². The molecule has 0 aromatic carbocycles. The standard InChI is InChI=1S/C18H20N6O2/c1-3-11-4-13(12-8-24(9-12)18(25)26)19-6-14(11)22-17-5-16-15(7-20-17)21-10-23(16)2/h4-7,10,12H,3,8-9H2,1-2H3,(H,20,22)(H,25,26). The van der Waals surface area contributed by atoms with Gasteiger partial charge in [-0.3, -0.25) is 4.98 Å². The van der Waals surface area contributed by atoms with Crippen molar-refractivity contribution in [3.63, 3.8) is 0 Å². The van der Waals surface area contributed by atoms with Crippen LogP contribution in [0.15, 0.2) is 30.9 Å². The maximum Gasteiger partial charge on any atom is 0.407 e. The summed E-state index contributed by atoms with van der Waals surface area (Å²) < 4.78 is 1.95. The van der Waals surface area contributed by atoms with E-state index in [4.69, 9.17) is 5.11 Å². The number of anilines is 2. The molecule has 1 aliphatic heterocycles. The maximum atomic E-state index is 10.9. The molecule has 1 amide bonds. The number of nitrogens with one attached hydrogen (secondary N) is 1. The zero-order valence-electron chi connectivity index (χ0n) is 14.7. The van der Waals surface area contributed by atoms with Crippen LogP contribution in [0.5, 0.6) is 0 Å². The minimum atomic E-state index is -0.869. The summed E-state index contributed by atoms with van der Waals surface area (Å²) in [6.07, 6.45) is 5.31. The molecule has 26 heavy (non-hydrogen) atoms. The lowest BCUT2D eigenvalue weighted by atomic mass is 9.94. The van der Waals surface area contributed by atoms with Crippen molar-refractivity contribution in [3.05, 3.63) is 42.1 Å². The van der Waals surface area contributed by atoms with Gasteiger partial charge in [0.25, 0.3) is 0 Å². The summed E-state index contributed by atoms with van der Waals surface area (Å²) >= 11 is 0. The molecule has 0 bridgehead atoms. The molecule has 0 atom stereocenters. The lowest BCUT2D eigenvalue weighted by molar-refractivity contribution is 0.104. The molecule has 8 nitrogen and oxygen atoms in total. The first-order valence-corrected chi connectivity index (χ1v) is 8.56. The smallest absolute Gasteiger partial charge is 0.407 e. The van der Waals surface area contributed by atoms with Gasteiger partial charge in [-0.1, -0.05) is 6.92 Å². The lowest BCUT2D eigenvalue weighted by Gasteiger charge is -2.36. The van der Waals surface area contributed by atoms with Crippen molar-refractivity contribution < 1.29 is 9.90 Å². The van der Waals surface area contributed by atoms with E-state index in [0.717, 1.165) is 40.2 Å². The number of nitrogens with zero attached hydrogens (tertiary/aromatic N) is 5. The minimum Gasteiger partial charge on any atom is -0.465 e. The number of likely N-dealkylation sites (tertiary alicyclic amines) is 1. The van der Waals surface area contributed by atoms with Crippen LogP contribution in [0.3, 0.4) is 0 Å². The van der Waals surface area contributed by atoms with Crippen LogP contribution in [0.25, 0.3) is 11.0 Å². The Labute approximate surface area is 150 Å². The predicted octanol–water partition coefficient (Wildman–Crippen LogP) is 2.75. The highest BCUT2D eigenvalue weighted by atomic mass is 16.4. The number of carbonyl (C=O) groups is 1. The van der Waals surface area contributed by atoms with E-state index >= 15 is 0 Å². The zero-order chi connectivity index (χ0) is 18.3. The van der Waals surface area contributed by atoms with Gasteiger partial charge >= 0.3 is 6.09 Å². The van der Waals surface area contributed by atoms with Crippen molar-refractivity contribution in [2.45, 2.75) is 19.3 Å².